The molecule has 0 radical (unpaired) electrons. The predicted octanol–water partition coefficient (Wildman–Crippen LogP) is 2.60. The van der Waals surface area contributed by atoms with Crippen LogP contribution in [0, 0.1) is 6.92 Å². The molecule has 4 rings (SSSR count). The number of anilines is 3. The van der Waals surface area contributed by atoms with Crippen molar-refractivity contribution in [2.75, 3.05) is 41.7 Å². The number of hydrogen-bond donors (Lipinski definition) is 1. The van der Waals surface area contributed by atoms with Gasteiger partial charge in [-0.1, -0.05) is 11.6 Å². The fraction of sp³-hybridized carbons (Fsp3) is 0.294. The van der Waals surface area contributed by atoms with E-state index in [0.29, 0.717) is 5.82 Å². The standard InChI is InChI=1S/C17H19ClN6/c1-12-10-13(2-3-14(12)18)22-6-8-23(9-7-22)17-11-15(19)24-16(21-17)4-5-20-24/h2-5,10-11H,6-9,19H2,1H3. The Morgan fingerprint density at radius 3 is 2.54 bits per heavy atom. The van der Waals surface area contributed by atoms with Crippen LogP contribution >= 0.6 is 11.6 Å². The van der Waals surface area contributed by atoms with E-state index in [-0.39, 0.29) is 0 Å². The molecule has 2 N–H and O–H groups in total. The van der Waals surface area contributed by atoms with Gasteiger partial charge >= 0.3 is 0 Å². The molecular formula is C17H19ClN6. The minimum absolute atomic E-state index is 0.607. The first kappa shape index (κ1) is 15.1. The van der Waals surface area contributed by atoms with Gasteiger partial charge in [-0.25, -0.2) is 4.98 Å². The Hall–Kier alpha value is -2.47. The summed E-state index contributed by atoms with van der Waals surface area (Å²) < 4.78 is 1.65. The summed E-state index contributed by atoms with van der Waals surface area (Å²) in [7, 11) is 0. The maximum Gasteiger partial charge on any atom is 0.159 e. The van der Waals surface area contributed by atoms with Crippen LogP contribution in [0.2, 0.25) is 5.02 Å². The number of aromatic nitrogens is 3. The maximum absolute atomic E-state index is 6.12. The lowest BCUT2D eigenvalue weighted by atomic mass is 10.2. The summed E-state index contributed by atoms with van der Waals surface area (Å²) >= 11 is 6.12. The van der Waals surface area contributed by atoms with Gasteiger partial charge < -0.3 is 15.5 Å². The van der Waals surface area contributed by atoms with E-state index in [4.69, 9.17) is 17.3 Å². The van der Waals surface area contributed by atoms with E-state index < -0.39 is 0 Å². The zero-order chi connectivity index (χ0) is 16.7. The van der Waals surface area contributed by atoms with E-state index in [1.807, 2.05) is 25.1 Å². The number of hydrogen-bond acceptors (Lipinski definition) is 5. The molecule has 0 bridgehead atoms. The number of rotatable bonds is 2. The fourth-order valence-electron chi connectivity index (χ4n) is 3.10. The second-order valence-electron chi connectivity index (χ2n) is 6.05. The van der Waals surface area contributed by atoms with Gasteiger partial charge in [0.2, 0.25) is 0 Å². The summed E-state index contributed by atoms with van der Waals surface area (Å²) in [4.78, 5) is 9.30. The minimum Gasteiger partial charge on any atom is -0.383 e. The van der Waals surface area contributed by atoms with Crippen molar-refractivity contribution in [1.82, 2.24) is 14.6 Å². The van der Waals surface area contributed by atoms with E-state index in [2.05, 4.69) is 32.0 Å². The van der Waals surface area contributed by atoms with Crippen LogP contribution in [-0.4, -0.2) is 40.8 Å². The quantitative estimate of drug-likeness (QED) is 0.775. The number of benzene rings is 1. The highest BCUT2D eigenvalue weighted by Crippen LogP contribution is 2.25. The Balaban J connectivity index is 1.51. The molecule has 0 amide bonds. The second-order valence-corrected chi connectivity index (χ2v) is 6.46. The molecule has 1 fully saturated rings. The van der Waals surface area contributed by atoms with Crippen molar-refractivity contribution in [2.24, 2.45) is 0 Å². The van der Waals surface area contributed by atoms with E-state index in [1.165, 1.54) is 5.69 Å². The van der Waals surface area contributed by atoms with Gasteiger partial charge in [0.25, 0.3) is 0 Å². The molecule has 0 saturated carbocycles. The van der Waals surface area contributed by atoms with Gasteiger partial charge in [0.05, 0.1) is 6.20 Å². The van der Waals surface area contributed by atoms with Crippen LogP contribution < -0.4 is 15.5 Å². The zero-order valence-electron chi connectivity index (χ0n) is 13.5. The molecule has 3 aromatic rings. The van der Waals surface area contributed by atoms with Crippen molar-refractivity contribution >= 4 is 34.6 Å². The Morgan fingerprint density at radius 1 is 1.04 bits per heavy atom. The Morgan fingerprint density at radius 2 is 1.79 bits per heavy atom. The van der Waals surface area contributed by atoms with Crippen LogP contribution in [0.5, 0.6) is 0 Å². The highest BCUT2D eigenvalue weighted by Gasteiger charge is 2.19. The number of nitrogens with zero attached hydrogens (tertiary/aromatic N) is 5. The molecule has 24 heavy (non-hydrogen) atoms. The first-order valence-corrected chi connectivity index (χ1v) is 8.36. The first-order valence-electron chi connectivity index (χ1n) is 7.98. The molecule has 6 nitrogen and oxygen atoms in total. The lowest BCUT2D eigenvalue weighted by Crippen LogP contribution is -2.46. The molecule has 1 aliphatic rings. The average Bonchev–Trinajstić information content (AvgIpc) is 3.07. The molecule has 2 aromatic heterocycles. The van der Waals surface area contributed by atoms with E-state index in [0.717, 1.165) is 48.2 Å². The number of aryl methyl sites for hydroxylation is 1. The summed E-state index contributed by atoms with van der Waals surface area (Å²) in [5, 5.41) is 4.97. The molecule has 124 valence electrons. The summed E-state index contributed by atoms with van der Waals surface area (Å²) in [6, 6.07) is 9.95. The van der Waals surface area contributed by atoms with Crippen LogP contribution in [0.1, 0.15) is 5.56 Å². The summed E-state index contributed by atoms with van der Waals surface area (Å²) in [5.74, 6) is 1.52. The average molecular weight is 343 g/mol. The SMILES string of the molecule is Cc1cc(N2CCN(c3cc(N)n4nccc4n3)CC2)ccc1Cl. The smallest absolute Gasteiger partial charge is 0.159 e. The van der Waals surface area contributed by atoms with Crippen LogP contribution in [0.3, 0.4) is 0 Å². The topological polar surface area (TPSA) is 62.7 Å². The van der Waals surface area contributed by atoms with E-state index in [9.17, 15) is 0 Å². The number of fused-ring (bicyclic) bond motifs is 1. The highest BCUT2D eigenvalue weighted by atomic mass is 35.5. The fourth-order valence-corrected chi connectivity index (χ4v) is 3.22. The van der Waals surface area contributed by atoms with Gasteiger partial charge in [0.1, 0.15) is 11.6 Å². The molecule has 7 heteroatoms. The number of halogens is 1. The van der Waals surface area contributed by atoms with Gasteiger partial charge in [0.15, 0.2) is 5.65 Å². The second kappa shape index (κ2) is 5.87. The number of nitrogen functional groups attached to an aromatic ring is 1. The summed E-state index contributed by atoms with van der Waals surface area (Å²) in [6.07, 6.45) is 1.71. The minimum atomic E-state index is 0.607. The Labute approximate surface area is 145 Å². The van der Waals surface area contributed by atoms with Crippen LogP contribution in [0.15, 0.2) is 36.5 Å². The van der Waals surface area contributed by atoms with Crippen molar-refractivity contribution in [3.05, 3.63) is 47.1 Å². The Kier molecular flexibility index (Phi) is 3.69. The van der Waals surface area contributed by atoms with Gasteiger partial charge in [-0.2, -0.15) is 9.61 Å². The maximum atomic E-state index is 6.12. The molecule has 0 spiro atoms. The van der Waals surface area contributed by atoms with Crippen LogP contribution in [0.4, 0.5) is 17.3 Å². The van der Waals surface area contributed by atoms with Gasteiger partial charge in [-0.05, 0) is 30.7 Å². The van der Waals surface area contributed by atoms with E-state index >= 15 is 0 Å². The first-order chi connectivity index (χ1) is 11.6. The molecule has 0 unspecified atom stereocenters. The van der Waals surface area contributed by atoms with Crippen molar-refractivity contribution < 1.29 is 0 Å². The monoisotopic (exact) mass is 342 g/mol. The third-order valence-electron chi connectivity index (χ3n) is 4.48. The normalized spacial score (nSPS) is 15.2. The summed E-state index contributed by atoms with van der Waals surface area (Å²) in [6.45, 7) is 5.71. The Bertz CT molecular complexity index is 882. The van der Waals surface area contributed by atoms with Crippen molar-refractivity contribution in [3.63, 3.8) is 0 Å². The zero-order valence-corrected chi connectivity index (χ0v) is 14.2. The van der Waals surface area contributed by atoms with Crippen molar-refractivity contribution in [3.8, 4) is 0 Å². The third-order valence-corrected chi connectivity index (χ3v) is 4.91. The van der Waals surface area contributed by atoms with E-state index in [1.54, 1.807) is 10.7 Å². The third kappa shape index (κ3) is 2.63. The van der Waals surface area contributed by atoms with Crippen molar-refractivity contribution in [1.29, 1.82) is 0 Å². The van der Waals surface area contributed by atoms with Gasteiger partial charge in [-0.15, -0.1) is 0 Å². The highest BCUT2D eigenvalue weighted by molar-refractivity contribution is 6.31. The van der Waals surface area contributed by atoms with Crippen LogP contribution in [0.25, 0.3) is 5.65 Å². The molecule has 0 aliphatic carbocycles. The summed E-state index contributed by atoms with van der Waals surface area (Å²) in [5.41, 5.74) is 9.17. The van der Waals surface area contributed by atoms with Crippen molar-refractivity contribution in [2.45, 2.75) is 6.92 Å². The van der Waals surface area contributed by atoms with Gasteiger partial charge in [-0.3, -0.25) is 0 Å². The number of piperazine rings is 1. The molecule has 3 heterocycles. The predicted molar refractivity (Wildman–Crippen MR) is 98.0 cm³/mol. The lowest BCUT2D eigenvalue weighted by molar-refractivity contribution is 0.647. The van der Waals surface area contributed by atoms with Gasteiger partial charge in [0, 0.05) is 49.0 Å². The number of nitrogens with two attached hydrogens (primary N) is 1. The molecular weight excluding hydrogens is 324 g/mol. The van der Waals surface area contributed by atoms with Crippen LogP contribution in [-0.2, 0) is 0 Å². The molecule has 1 saturated heterocycles. The molecule has 1 aromatic carbocycles. The molecule has 1 aliphatic heterocycles. The lowest BCUT2D eigenvalue weighted by Gasteiger charge is -2.37. The molecule has 0 atom stereocenters. The largest absolute Gasteiger partial charge is 0.383 e.